The maximum Gasteiger partial charge on any atom is 5.00 e. The smallest absolute Gasteiger partial charge is 2.00 e. The molecule has 0 aromatic heterocycles. The van der Waals surface area contributed by atoms with Gasteiger partial charge in [-0.25, -0.2) is 0 Å². The summed E-state index contributed by atoms with van der Waals surface area (Å²) in [6, 6.07) is 0. The van der Waals surface area contributed by atoms with Gasteiger partial charge in [-0.15, -0.1) is 0 Å². The fourth-order valence-electron chi connectivity index (χ4n) is 0. The molecule has 4 heavy (non-hydrogen) atoms. The molecular weight excluding hydrogens is 297 g/mol. The Balaban J connectivity index is 0. The van der Waals surface area contributed by atoms with Gasteiger partial charge in [-0.2, -0.15) is 0 Å². The molecule has 0 heterocycles. The van der Waals surface area contributed by atoms with Crippen molar-refractivity contribution in [2.45, 2.75) is 0 Å². The molecule has 0 saturated heterocycles. The van der Waals surface area contributed by atoms with Crippen molar-refractivity contribution < 1.29 is 39.7 Å². The molecule has 0 fully saturated rings. The van der Waals surface area contributed by atoms with Gasteiger partial charge in [0, 0.05) is 0 Å². The van der Waals surface area contributed by atoms with Gasteiger partial charge in [-0.1, -0.05) is 0 Å². The van der Waals surface area contributed by atoms with Crippen LogP contribution in [0.25, 0.3) is 0 Å². The zero-order valence-electron chi connectivity index (χ0n) is 1.67. The Morgan fingerprint density at radius 2 is 0.750 bits per heavy atom. The monoisotopic (exact) mass is 297 g/mol. The molecule has 0 saturated carbocycles. The van der Waals surface area contributed by atoms with E-state index in [9.17, 15) is 0 Å². The van der Waals surface area contributed by atoms with Crippen LogP contribution in [0, 0.1) is 0 Å². The van der Waals surface area contributed by atoms with Gasteiger partial charge in [-0.3, -0.25) is 0 Å². The Morgan fingerprint density at radius 3 is 0.750 bits per heavy atom. The van der Waals surface area contributed by atoms with Crippen LogP contribution in [0.1, 0.15) is 0 Å². The van der Waals surface area contributed by atoms with Gasteiger partial charge < -0.3 is 27.0 Å². The van der Waals surface area contributed by atoms with Crippen LogP contribution in [0.2, 0.25) is 0 Å². The van der Waals surface area contributed by atoms with E-state index in [0.29, 0.717) is 0 Å². The van der Waals surface area contributed by atoms with E-state index < -0.39 is 0 Å². The SMILES string of the molecule is [Cr+3].[S-2].[S-2].[Ta+5]. The molecule has 0 aliphatic heterocycles. The first-order chi connectivity index (χ1) is 0. The van der Waals surface area contributed by atoms with Gasteiger partial charge in [0.15, 0.2) is 0 Å². The molecule has 0 unspecified atom stereocenters. The Bertz CT molecular complexity index is 6.00. The van der Waals surface area contributed by atoms with E-state index in [1.165, 1.54) is 0 Å². The van der Waals surface area contributed by atoms with Crippen molar-refractivity contribution in [3.8, 4) is 0 Å². The van der Waals surface area contributed by atoms with Crippen molar-refractivity contribution in [1.29, 1.82) is 0 Å². The Morgan fingerprint density at radius 1 is 0.750 bits per heavy atom. The van der Waals surface area contributed by atoms with E-state index in [1.807, 2.05) is 0 Å². The van der Waals surface area contributed by atoms with Gasteiger partial charge in [0.05, 0.1) is 0 Å². The summed E-state index contributed by atoms with van der Waals surface area (Å²) in [5.41, 5.74) is 0. The molecular formula is CrS2Ta+4. The molecule has 0 spiro atoms. The molecule has 0 aliphatic carbocycles. The van der Waals surface area contributed by atoms with Crippen LogP contribution in [0.5, 0.6) is 0 Å². The summed E-state index contributed by atoms with van der Waals surface area (Å²) in [6.07, 6.45) is 0. The van der Waals surface area contributed by atoms with Crippen LogP contribution in [-0.2, 0) is 66.7 Å². The molecule has 0 rings (SSSR count). The summed E-state index contributed by atoms with van der Waals surface area (Å²) in [5, 5.41) is 0. The third-order valence-electron chi connectivity index (χ3n) is 0. The van der Waals surface area contributed by atoms with Crippen molar-refractivity contribution >= 4 is 27.0 Å². The maximum absolute atomic E-state index is 0. The number of rotatable bonds is 0. The van der Waals surface area contributed by atoms with Crippen molar-refractivity contribution in [3.05, 3.63) is 0 Å². The fraction of sp³-hybridized carbons (Fsp3) is 0. The molecule has 0 aromatic carbocycles. The van der Waals surface area contributed by atoms with E-state index in [-0.39, 0.29) is 66.7 Å². The van der Waals surface area contributed by atoms with Crippen molar-refractivity contribution in [1.82, 2.24) is 0 Å². The topological polar surface area (TPSA) is 0 Å². The van der Waals surface area contributed by atoms with Crippen LogP contribution in [0.3, 0.4) is 0 Å². The van der Waals surface area contributed by atoms with Crippen LogP contribution in [0.4, 0.5) is 0 Å². The first-order valence-electron chi connectivity index (χ1n) is 0. The molecule has 0 nitrogen and oxygen atoms in total. The Labute approximate surface area is 66.3 Å². The maximum atomic E-state index is 0. The first kappa shape index (κ1) is 38.0. The third-order valence-corrected chi connectivity index (χ3v) is 0. The minimum absolute atomic E-state index is 0. The van der Waals surface area contributed by atoms with Crippen LogP contribution in [-0.4, -0.2) is 0 Å². The summed E-state index contributed by atoms with van der Waals surface area (Å²) >= 11 is 0. The second kappa shape index (κ2) is 20.2. The zero-order valence-corrected chi connectivity index (χ0v) is 7.79. The van der Waals surface area contributed by atoms with E-state index in [1.54, 1.807) is 0 Å². The summed E-state index contributed by atoms with van der Waals surface area (Å²) in [7, 11) is 0. The molecule has 1 radical (unpaired) electrons. The summed E-state index contributed by atoms with van der Waals surface area (Å²) in [6.45, 7) is 0. The predicted octanol–water partition coefficient (Wildman–Crippen LogP) is -0.00980. The molecule has 0 bridgehead atoms. The van der Waals surface area contributed by atoms with Gasteiger partial charge >= 0.3 is 39.7 Å². The van der Waals surface area contributed by atoms with Gasteiger partial charge in [0.2, 0.25) is 0 Å². The molecule has 0 amide bonds. The standard InChI is InChI=1S/Cr.2S.Ta/q+3;2*-2;+5. The average molecular weight is 297 g/mol. The minimum Gasteiger partial charge on any atom is -2.00 e. The molecule has 0 atom stereocenters. The molecule has 0 N–H and O–H groups in total. The van der Waals surface area contributed by atoms with Crippen molar-refractivity contribution in [2.75, 3.05) is 0 Å². The number of hydrogen-bond donors (Lipinski definition) is 0. The van der Waals surface area contributed by atoms with Gasteiger partial charge in [-0.05, 0) is 0 Å². The quantitative estimate of drug-likeness (QED) is 0.590. The summed E-state index contributed by atoms with van der Waals surface area (Å²) < 4.78 is 0. The van der Waals surface area contributed by atoms with Gasteiger partial charge in [0.1, 0.15) is 0 Å². The predicted molar refractivity (Wildman–Crippen MR) is 14.7 cm³/mol. The van der Waals surface area contributed by atoms with Crippen LogP contribution < -0.4 is 0 Å². The van der Waals surface area contributed by atoms with E-state index in [4.69, 9.17) is 0 Å². The molecule has 4 heteroatoms. The largest absolute Gasteiger partial charge is 5.00 e. The summed E-state index contributed by atoms with van der Waals surface area (Å²) in [5.74, 6) is 0. The first-order valence-corrected chi connectivity index (χ1v) is 0. The zero-order chi connectivity index (χ0) is 0. The Hall–Kier alpha value is 1.97. The normalized spacial score (nSPS) is 0. The Kier molecular flexibility index (Phi) is 191. The van der Waals surface area contributed by atoms with E-state index in [0.717, 1.165) is 0 Å². The second-order valence-electron chi connectivity index (χ2n) is 0. The van der Waals surface area contributed by atoms with E-state index in [2.05, 4.69) is 0 Å². The second-order valence-corrected chi connectivity index (χ2v) is 0. The van der Waals surface area contributed by atoms with E-state index >= 15 is 0 Å². The summed E-state index contributed by atoms with van der Waals surface area (Å²) in [4.78, 5) is 0. The van der Waals surface area contributed by atoms with Crippen molar-refractivity contribution in [2.24, 2.45) is 0 Å². The van der Waals surface area contributed by atoms with Crippen molar-refractivity contribution in [3.63, 3.8) is 0 Å². The minimum atomic E-state index is 0. The van der Waals surface area contributed by atoms with Gasteiger partial charge in [0.25, 0.3) is 0 Å². The molecule has 0 aliphatic rings. The van der Waals surface area contributed by atoms with Crippen LogP contribution >= 0.6 is 0 Å². The third kappa shape index (κ3) is 9.02. The average Bonchev–Trinajstić information content (AvgIpc) is 0. The fourth-order valence-corrected chi connectivity index (χ4v) is 0. The molecule has 0 aromatic rings. The van der Waals surface area contributed by atoms with Crippen LogP contribution in [0.15, 0.2) is 0 Å². The molecule has 19 valence electrons. The number of hydrogen-bond acceptors (Lipinski definition) is 0.